The maximum Gasteiger partial charge on any atom is 0.416 e. The second-order valence-corrected chi connectivity index (χ2v) is 10.3. The van der Waals surface area contributed by atoms with E-state index in [1.165, 1.54) is 35.0 Å². The molecule has 6 rings (SSSR count). The van der Waals surface area contributed by atoms with Gasteiger partial charge in [-0.3, -0.25) is 14.5 Å². The molecule has 0 saturated heterocycles. The van der Waals surface area contributed by atoms with Crippen LogP contribution in [0.1, 0.15) is 50.6 Å². The summed E-state index contributed by atoms with van der Waals surface area (Å²) >= 11 is 6.33. The van der Waals surface area contributed by atoms with Crippen LogP contribution >= 0.6 is 11.6 Å². The number of aliphatic hydroxyl groups is 1. The Balaban J connectivity index is 1.54. The van der Waals surface area contributed by atoms with Crippen LogP contribution in [0.5, 0.6) is 0 Å². The van der Waals surface area contributed by atoms with E-state index in [2.05, 4.69) is 15.6 Å². The molecule has 3 heterocycles. The second-order valence-electron chi connectivity index (χ2n) is 9.89. The number of benzene rings is 3. The zero-order chi connectivity index (χ0) is 31.5. The van der Waals surface area contributed by atoms with Gasteiger partial charge in [-0.15, -0.1) is 0 Å². The van der Waals surface area contributed by atoms with E-state index in [0.29, 0.717) is 12.1 Å². The minimum Gasteiger partial charge on any atom is -0.374 e. The van der Waals surface area contributed by atoms with Crippen molar-refractivity contribution >= 4 is 28.8 Å². The number of aromatic nitrogens is 2. The lowest BCUT2D eigenvalue weighted by Gasteiger charge is -2.20. The first-order valence-electron chi connectivity index (χ1n) is 12.7. The molecular formula is C30H16ClF6N5O2. The molecule has 0 aliphatic carbocycles. The highest BCUT2D eigenvalue weighted by Crippen LogP contribution is 2.45. The van der Waals surface area contributed by atoms with Crippen molar-refractivity contribution in [3.63, 3.8) is 0 Å². The van der Waals surface area contributed by atoms with Crippen molar-refractivity contribution in [2.75, 3.05) is 5.32 Å². The van der Waals surface area contributed by atoms with Crippen molar-refractivity contribution in [2.45, 2.75) is 18.4 Å². The highest BCUT2D eigenvalue weighted by molar-refractivity contribution is 6.31. The number of anilines is 1. The van der Waals surface area contributed by atoms with Gasteiger partial charge < -0.3 is 10.4 Å². The summed E-state index contributed by atoms with van der Waals surface area (Å²) in [5.41, 5.74) is -1.58. The van der Waals surface area contributed by atoms with Crippen molar-refractivity contribution in [3.8, 4) is 17.2 Å². The topological polar surface area (TPSA) is 102 Å². The normalized spacial score (nSPS) is 16.2. The predicted octanol–water partition coefficient (Wildman–Crippen LogP) is 6.90. The van der Waals surface area contributed by atoms with Gasteiger partial charge in [-0.2, -0.15) is 18.4 Å². The van der Waals surface area contributed by atoms with Crippen LogP contribution < -0.4 is 10.6 Å². The largest absolute Gasteiger partial charge is 0.416 e. The van der Waals surface area contributed by atoms with Crippen LogP contribution in [0.15, 0.2) is 67.0 Å². The molecule has 2 aromatic heterocycles. The van der Waals surface area contributed by atoms with Gasteiger partial charge >= 0.3 is 6.18 Å². The number of aliphatic hydroxyl groups excluding tert-OH is 1. The summed E-state index contributed by atoms with van der Waals surface area (Å²) in [7, 11) is 0. The standard InChI is InChI=1S/C30H16ClF6N5O2/c31-22-2-1-16(32)8-19(22)27-26-20(29(44)41-27)5-13(21-12-42-18(10-38)11-39-25(42)9-23(21)34)6-24(26)40-28(43)14-3-15(30(35,36)37)7-17(33)4-14/h1-9,11-12,27,29,41,44H,(H,40,43). The fraction of sp³-hybridized carbons (Fsp3) is 0.100. The summed E-state index contributed by atoms with van der Waals surface area (Å²) in [6.45, 7) is 0. The van der Waals surface area contributed by atoms with Crippen molar-refractivity contribution in [1.82, 2.24) is 14.7 Å². The van der Waals surface area contributed by atoms with E-state index in [4.69, 9.17) is 11.6 Å². The van der Waals surface area contributed by atoms with E-state index in [9.17, 15) is 37.1 Å². The van der Waals surface area contributed by atoms with Crippen LogP contribution in [0.3, 0.4) is 0 Å². The number of amides is 1. The van der Waals surface area contributed by atoms with Crippen LogP contribution in [0.25, 0.3) is 16.8 Å². The predicted molar refractivity (Wildman–Crippen MR) is 146 cm³/mol. The Hall–Kier alpha value is -4.90. The number of nitrogens with zero attached hydrogens (tertiary/aromatic N) is 3. The van der Waals surface area contributed by atoms with Crippen molar-refractivity contribution in [3.05, 3.63) is 123 Å². The van der Waals surface area contributed by atoms with Crippen molar-refractivity contribution in [1.29, 1.82) is 5.26 Å². The second kappa shape index (κ2) is 10.7. The van der Waals surface area contributed by atoms with E-state index < -0.39 is 52.9 Å². The van der Waals surface area contributed by atoms with Crippen molar-refractivity contribution < 1.29 is 36.2 Å². The van der Waals surface area contributed by atoms with Gasteiger partial charge in [0.25, 0.3) is 5.91 Å². The molecule has 1 aliphatic heterocycles. The minimum atomic E-state index is -4.95. The van der Waals surface area contributed by atoms with Gasteiger partial charge in [0.15, 0.2) is 0 Å². The number of halogens is 7. The monoisotopic (exact) mass is 627 g/mol. The number of nitrogens with one attached hydrogen (secondary N) is 2. The van der Waals surface area contributed by atoms with E-state index in [1.807, 2.05) is 6.07 Å². The molecule has 0 spiro atoms. The number of fused-ring (bicyclic) bond motifs is 2. The third-order valence-electron chi connectivity index (χ3n) is 7.15. The molecule has 3 aromatic carbocycles. The number of pyridine rings is 1. The number of alkyl halides is 3. The summed E-state index contributed by atoms with van der Waals surface area (Å²) in [4.78, 5) is 17.3. The number of nitriles is 1. The molecule has 0 bridgehead atoms. The van der Waals surface area contributed by atoms with Crippen LogP contribution in [0, 0.1) is 28.8 Å². The maximum absolute atomic E-state index is 15.4. The average Bonchev–Trinajstić information content (AvgIpc) is 3.52. The van der Waals surface area contributed by atoms with E-state index in [1.54, 1.807) is 0 Å². The Morgan fingerprint density at radius 3 is 2.55 bits per heavy atom. The van der Waals surface area contributed by atoms with E-state index >= 15 is 4.39 Å². The minimum absolute atomic E-state index is 0.0816. The number of carbonyl (C=O) groups excluding carboxylic acids is 1. The summed E-state index contributed by atoms with van der Waals surface area (Å²) < 4.78 is 85.1. The van der Waals surface area contributed by atoms with Gasteiger partial charge in [0, 0.05) is 45.2 Å². The van der Waals surface area contributed by atoms with E-state index in [-0.39, 0.29) is 55.9 Å². The average molecular weight is 628 g/mol. The first-order chi connectivity index (χ1) is 20.8. The quantitative estimate of drug-likeness (QED) is 0.188. The Kier molecular flexibility index (Phi) is 7.08. The third-order valence-corrected chi connectivity index (χ3v) is 7.49. The molecule has 0 saturated carbocycles. The lowest BCUT2D eigenvalue weighted by Crippen LogP contribution is -2.20. The number of rotatable bonds is 4. The summed E-state index contributed by atoms with van der Waals surface area (Å²) in [5.74, 6) is -3.92. The van der Waals surface area contributed by atoms with Gasteiger partial charge in [0.1, 0.15) is 41.1 Å². The van der Waals surface area contributed by atoms with E-state index in [0.717, 1.165) is 18.2 Å². The van der Waals surface area contributed by atoms with Gasteiger partial charge in [0.05, 0.1) is 17.8 Å². The Morgan fingerprint density at radius 1 is 1.05 bits per heavy atom. The molecule has 2 unspecified atom stereocenters. The molecule has 0 radical (unpaired) electrons. The molecule has 1 aliphatic rings. The van der Waals surface area contributed by atoms with Crippen LogP contribution in [0.4, 0.5) is 32.0 Å². The molecule has 7 nitrogen and oxygen atoms in total. The zero-order valence-electron chi connectivity index (χ0n) is 21.8. The molecule has 2 atom stereocenters. The van der Waals surface area contributed by atoms with Crippen molar-refractivity contribution in [2.24, 2.45) is 0 Å². The highest BCUT2D eigenvalue weighted by atomic mass is 35.5. The molecule has 3 N–H and O–H groups in total. The van der Waals surface area contributed by atoms with Crippen LogP contribution in [0.2, 0.25) is 5.02 Å². The fourth-order valence-corrected chi connectivity index (χ4v) is 5.40. The molecule has 222 valence electrons. The number of hydrogen-bond acceptors (Lipinski definition) is 5. The summed E-state index contributed by atoms with van der Waals surface area (Å²) in [6.07, 6.45) is -3.88. The van der Waals surface area contributed by atoms with Gasteiger partial charge in [0.2, 0.25) is 0 Å². The Labute approximate surface area is 249 Å². The lowest BCUT2D eigenvalue weighted by molar-refractivity contribution is -0.137. The first kappa shape index (κ1) is 29.2. The number of imidazole rings is 1. The third kappa shape index (κ3) is 5.13. The molecule has 5 aromatic rings. The molecule has 0 fully saturated rings. The molecule has 14 heteroatoms. The molecule has 44 heavy (non-hydrogen) atoms. The Bertz CT molecular complexity index is 2040. The SMILES string of the molecule is N#Cc1cnc2cc(F)c(-c3cc(NC(=O)c4cc(F)cc(C(F)(F)F)c4)c4c(c3)C(O)NC4c3cc(F)ccc3Cl)cn12. The summed E-state index contributed by atoms with van der Waals surface area (Å²) in [5, 5.41) is 25.8. The zero-order valence-corrected chi connectivity index (χ0v) is 22.6. The molecule has 1 amide bonds. The van der Waals surface area contributed by atoms with Crippen LogP contribution in [-0.2, 0) is 6.18 Å². The van der Waals surface area contributed by atoms with Gasteiger partial charge in [-0.25, -0.2) is 18.2 Å². The van der Waals surface area contributed by atoms with Gasteiger partial charge in [-0.05, 0) is 59.7 Å². The fourth-order valence-electron chi connectivity index (χ4n) is 5.17. The lowest BCUT2D eigenvalue weighted by atomic mass is 9.92. The van der Waals surface area contributed by atoms with Gasteiger partial charge in [-0.1, -0.05) is 11.6 Å². The summed E-state index contributed by atoms with van der Waals surface area (Å²) in [6, 6.07) is 9.42. The molecular weight excluding hydrogens is 612 g/mol. The van der Waals surface area contributed by atoms with Crippen LogP contribution in [-0.4, -0.2) is 20.4 Å². The Morgan fingerprint density at radius 2 is 1.82 bits per heavy atom. The number of hydrogen-bond donors (Lipinski definition) is 3. The highest BCUT2D eigenvalue weighted by Gasteiger charge is 2.36. The first-order valence-corrected chi connectivity index (χ1v) is 13.0. The smallest absolute Gasteiger partial charge is 0.374 e. The maximum atomic E-state index is 15.4. The number of carbonyl (C=O) groups is 1.